The highest BCUT2D eigenvalue weighted by Crippen LogP contribution is 2.40. The Balaban J connectivity index is 1.50. The first-order chi connectivity index (χ1) is 17.7. The number of aryl methyl sites for hydroxylation is 1. The van der Waals surface area contributed by atoms with Gasteiger partial charge in [-0.2, -0.15) is 0 Å². The molecule has 6 heteroatoms. The van der Waals surface area contributed by atoms with Crippen LogP contribution in [0.15, 0.2) is 78.9 Å². The van der Waals surface area contributed by atoms with Gasteiger partial charge in [0, 0.05) is 54.8 Å². The number of carbonyl (C=O) groups is 1. The second-order valence-corrected chi connectivity index (χ2v) is 8.92. The van der Waals surface area contributed by atoms with E-state index in [0.717, 1.165) is 51.2 Å². The number of aliphatic hydroxyl groups excluding tert-OH is 1. The van der Waals surface area contributed by atoms with Gasteiger partial charge in [-0.25, -0.2) is 0 Å². The molecule has 0 unspecified atom stereocenters. The highest BCUT2D eigenvalue weighted by molar-refractivity contribution is 6.01. The maximum atomic E-state index is 13.4. The van der Waals surface area contributed by atoms with Crippen LogP contribution in [0.3, 0.4) is 0 Å². The quantitative estimate of drug-likeness (QED) is 0.257. The normalized spacial score (nSPS) is 12.5. The van der Waals surface area contributed by atoms with Gasteiger partial charge in [-0.1, -0.05) is 48.5 Å². The summed E-state index contributed by atoms with van der Waals surface area (Å²) >= 11 is 0. The van der Waals surface area contributed by atoms with E-state index in [-0.39, 0.29) is 19.3 Å². The Kier molecular flexibility index (Phi) is 7.05. The number of fused-ring (bicyclic) bond motifs is 2. The van der Waals surface area contributed by atoms with Gasteiger partial charge in [0.15, 0.2) is 11.5 Å². The van der Waals surface area contributed by atoms with Crippen molar-refractivity contribution in [3.63, 3.8) is 0 Å². The summed E-state index contributed by atoms with van der Waals surface area (Å²) in [7, 11) is 2.04. The molecule has 1 N–H and O–H groups in total. The van der Waals surface area contributed by atoms with E-state index in [1.807, 2.05) is 78.7 Å². The second kappa shape index (κ2) is 10.7. The minimum absolute atomic E-state index is 0.0543. The summed E-state index contributed by atoms with van der Waals surface area (Å²) in [5, 5.41) is 10.3. The molecule has 2 heterocycles. The van der Waals surface area contributed by atoms with E-state index in [1.54, 1.807) is 6.08 Å². The molecular formula is C30H30N2O4. The van der Waals surface area contributed by atoms with Crippen LogP contribution in [-0.4, -0.2) is 40.4 Å². The van der Waals surface area contributed by atoms with Crippen LogP contribution >= 0.6 is 0 Å². The molecule has 184 valence electrons. The van der Waals surface area contributed by atoms with Gasteiger partial charge in [-0.3, -0.25) is 4.79 Å². The van der Waals surface area contributed by atoms with Crippen LogP contribution in [0, 0.1) is 0 Å². The third-order valence-electron chi connectivity index (χ3n) is 6.55. The predicted octanol–water partition coefficient (Wildman–Crippen LogP) is 5.39. The lowest BCUT2D eigenvalue weighted by atomic mass is 10.0. The van der Waals surface area contributed by atoms with E-state index < -0.39 is 0 Å². The lowest BCUT2D eigenvalue weighted by Gasteiger charge is -2.21. The van der Waals surface area contributed by atoms with E-state index in [9.17, 15) is 9.90 Å². The first kappa shape index (κ1) is 23.7. The maximum Gasteiger partial charge on any atom is 0.246 e. The van der Waals surface area contributed by atoms with Crippen LogP contribution in [-0.2, 0) is 18.4 Å². The summed E-state index contributed by atoms with van der Waals surface area (Å²) in [6.45, 7) is 1.46. The van der Waals surface area contributed by atoms with Gasteiger partial charge in [0.2, 0.25) is 12.7 Å². The van der Waals surface area contributed by atoms with Crippen LogP contribution in [0.4, 0.5) is 0 Å². The molecule has 1 amide bonds. The molecule has 3 aromatic carbocycles. The van der Waals surface area contributed by atoms with E-state index in [2.05, 4.69) is 16.7 Å². The molecule has 0 bridgehead atoms. The minimum Gasteiger partial charge on any atom is -0.454 e. The first-order valence-electron chi connectivity index (χ1n) is 12.2. The van der Waals surface area contributed by atoms with Gasteiger partial charge in [-0.15, -0.1) is 0 Å². The molecule has 0 atom stereocenters. The van der Waals surface area contributed by atoms with Crippen LogP contribution < -0.4 is 9.47 Å². The van der Waals surface area contributed by atoms with E-state index >= 15 is 0 Å². The van der Waals surface area contributed by atoms with Gasteiger partial charge < -0.3 is 24.0 Å². The van der Waals surface area contributed by atoms with Crippen molar-refractivity contribution in [2.75, 3.05) is 19.9 Å². The number of nitrogens with zero attached hydrogens (tertiary/aromatic N) is 2. The summed E-state index contributed by atoms with van der Waals surface area (Å²) in [5.41, 5.74) is 5.15. The van der Waals surface area contributed by atoms with Crippen LogP contribution in [0.1, 0.15) is 24.0 Å². The maximum absolute atomic E-state index is 13.4. The highest BCUT2D eigenvalue weighted by atomic mass is 16.7. The van der Waals surface area contributed by atoms with E-state index in [0.29, 0.717) is 19.5 Å². The molecule has 4 aromatic rings. The molecular weight excluding hydrogens is 452 g/mol. The number of aliphatic hydroxyl groups is 1. The van der Waals surface area contributed by atoms with E-state index in [4.69, 9.17) is 9.47 Å². The standard InChI is InChI=1S/C30H30N2O4/c1-31-26-12-6-5-11-24(26)25(30(31)23-13-15-27-28(19-23)36-21-35-27)14-16-29(34)32(17-7-8-18-33)20-22-9-3-2-4-10-22/h2-6,9-16,19,33H,7-8,17-18,20-21H2,1H3. The smallest absolute Gasteiger partial charge is 0.246 e. The molecule has 36 heavy (non-hydrogen) atoms. The summed E-state index contributed by atoms with van der Waals surface area (Å²) < 4.78 is 13.3. The van der Waals surface area contributed by atoms with Crippen LogP contribution in [0.2, 0.25) is 0 Å². The molecule has 1 aliphatic rings. The fourth-order valence-corrected chi connectivity index (χ4v) is 4.73. The van der Waals surface area contributed by atoms with Gasteiger partial charge >= 0.3 is 0 Å². The molecule has 6 nitrogen and oxygen atoms in total. The zero-order chi connectivity index (χ0) is 24.9. The summed E-state index contributed by atoms with van der Waals surface area (Å²) in [4.78, 5) is 15.2. The molecule has 1 aromatic heterocycles. The predicted molar refractivity (Wildman–Crippen MR) is 142 cm³/mol. The number of amides is 1. The first-order valence-corrected chi connectivity index (χ1v) is 12.2. The minimum atomic E-state index is -0.0543. The summed E-state index contributed by atoms with van der Waals surface area (Å²) in [6, 6.07) is 24.1. The summed E-state index contributed by atoms with van der Waals surface area (Å²) in [6.07, 6.45) is 5.01. The Morgan fingerprint density at radius 2 is 1.78 bits per heavy atom. The Morgan fingerprint density at radius 3 is 2.61 bits per heavy atom. The summed E-state index contributed by atoms with van der Waals surface area (Å²) in [5.74, 6) is 1.41. The monoisotopic (exact) mass is 482 g/mol. The third-order valence-corrected chi connectivity index (χ3v) is 6.55. The van der Waals surface area contributed by atoms with Crippen molar-refractivity contribution in [2.45, 2.75) is 19.4 Å². The van der Waals surface area contributed by atoms with Gasteiger partial charge in [-0.05, 0) is 48.7 Å². The van der Waals surface area contributed by atoms with Crippen LogP contribution in [0.5, 0.6) is 11.5 Å². The van der Waals surface area contributed by atoms with Crippen molar-refractivity contribution in [3.8, 4) is 22.8 Å². The number of aromatic nitrogens is 1. The largest absolute Gasteiger partial charge is 0.454 e. The number of hydrogen-bond acceptors (Lipinski definition) is 4. The van der Waals surface area contributed by atoms with Crippen molar-refractivity contribution in [2.24, 2.45) is 7.05 Å². The third kappa shape index (κ3) is 4.86. The van der Waals surface area contributed by atoms with Crippen molar-refractivity contribution in [1.82, 2.24) is 9.47 Å². The van der Waals surface area contributed by atoms with Crippen molar-refractivity contribution < 1.29 is 19.4 Å². The van der Waals surface area contributed by atoms with Gasteiger partial charge in [0.1, 0.15) is 0 Å². The molecule has 0 aliphatic carbocycles. The fraction of sp³-hybridized carbons (Fsp3) is 0.233. The topological polar surface area (TPSA) is 63.9 Å². The molecule has 0 fully saturated rings. The zero-order valence-corrected chi connectivity index (χ0v) is 20.4. The molecule has 0 spiro atoms. The number of unbranched alkanes of at least 4 members (excludes halogenated alkanes) is 1. The Morgan fingerprint density at radius 1 is 1.00 bits per heavy atom. The Labute approximate surface area is 211 Å². The lowest BCUT2D eigenvalue weighted by Crippen LogP contribution is -2.30. The Bertz CT molecular complexity index is 1390. The van der Waals surface area contributed by atoms with Crippen molar-refractivity contribution >= 4 is 22.9 Å². The van der Waals surface area contributed by atoms with Crippen molar-refractivity contribution in [3.05, 3.63) is 90.0 Å². The molecule has 5 rings (SSSR count). The number of hydrogen-bond donors (Lipinski definition) is 1. The fourth-order valence-electron chi connectivity index (χ4n) is 4.73. The van der Waals surface area contributed by atoms with E-state index in [1.165, 1.54) is 0 Å². The second-order valence-electron chi connectivity index (χ2n) is 8.92. The highest BCUT2D eigenvalue weighted by Gasteiger charge is 2.20. The van der Waals surface area contributed by atoms with Gasteiger partial charge in [0.25, 0.3) is 0 Å². The average Bonchev–Trinajstić information content (AvgIpc) is 3.49. The Hall–Kier alpha value is -4.03. The molecule has 0 radical (unpaired) electrons. The molecule has 1 aliphatic heterocycles. The SMILES string of the molecule is Cn1c(-c2ccc3c(c2)OCO3)c(C=CC(=O)N(CCCCO)Cc2ccccc2)c2ccccc21. The van der Waals surface area contributed by atoms with Gasteiger partial charge in [0.05, 0.1) is 5.69 Å². The average molecular weight is 483 g/mol. The number of benzene rings is 3. The lowest BCUT2D eigenvalue weighted by molar-refractivity contribution is -0.126. The number of rotatable bonds is 9. The number of carbonyl (C=O) groups excluding carboxylic acids is 1. The van der Waals surface area contributed by atoms with Crippen molar-refractivity contribution in [1.29, 1.82) is 0 Å². The molecule has 0 saturated carbocycles. The zero-order valence-electron chi connectivity index (χ0n) is 20.4. The number of para-hydroxylation sites is 1. The molecule has 0 saturated heterocycles. The van der Waals surface area contributed by atoms with Crippen LogP contribution in [0.25, 0.3) is 28.2 Å². The number of ether oxygens (including phenoxy) is 2.